The molecule has 0 radical (unpaired) electrons. The summed E-state index contributed by atoms with van der Waals surface area (Å²) in [6.45, 7) is 3.04. The van der Waals surface area contributed by atoms with Gasteiger partial charge in [-0.15, -0.1) is 23.1 Å². The van der Waals surface area contributed by atoms with Gasteiger partial charge in [-0.25, -0.2) is 4.98 Å². The SMILES string of the molecule is CC1OCCC1SCc1csc(N)n1. The van der Waals surface area contributed by atoms with Crippen molar-refractivity contribution in [2.75, 3.05) is 12.3 Å². The number of nitrogen functional groups attached to an aromatic ring is 1. The average molecular weight is 230 g/mol. The monoisotopic (exact) mass is 230 g/mol. The molecule has 2 rings (SSSR count). The quantitative estimate of drug-likeness (QED) is 0.864. The highest BCUT2D eigenvalue weighted by molar-refractivity contribution is 7.99. The van der Waals surface area contributed by atoms with Gasteiger partial charge in [0.05, 0.1) is 11.8 Å². The number of hydrogen-bond donors (Lipinski definition) is 1. The van der Waals surface area contributed by atoms with E-state index < -0.39 is 0 Å². The van der Waals surface area contributed by atoms with Gasteiger partial charge in [-0.1, -0.05) is 0 Å². The third-order valence-corrected chi connectivity index (χ3v) is 4.55. The summed E-state index contributed by atoms with van der Waals surface area (Å²) >= 11 is 3.43. The number of nitrogens with two attached hydrogens (primary N) is 1. The lowest BCUT2D eigenvalue weighted by Gasteiger charge is -2.11. The van der Waals surface area contributed by atoms with Crippen molar-refractivity contribution >= 4 is 28.2 Å². The molecule has 0 bridgehead atoms. The zero-order chi connectivity index (χ0) is 9.97. The van der Waals surface area contributed by atoms with Crippen molar-refractivity contribution < 1.29 is 4.74 Å². The summed E-state index contributed by atoms with van der Waals surface area (Å²) in [7, 11) is 0. The first-order valence-electron chi connectivity index (χ1n) is 4.69. The molecule has 0 spiro atoms. The van der Waals surface area contributed by atoms with Crippen LogP contribution in [0.15, 0.2) is 5.38 Å². The van der Waals surface area contributed by atoms with E-state index in [4.69, 9.17) is 10.5 Å². The summed E-state index contributed by atoms with van der Waals surface area (Å²) in [5, 5.41) is 3.32. The first-order chi connectivity index (χ1) is 6.75. The van der Waals surface area contributed by atoms with E-state index in [9.17, 15) is 0 Å². The molecule has 78 valence electrons. The Balaban J connectivity index is 1.82. The van der Waals surface area contributed by atoms with Crippen LogP contribution in [0.4, 0.5) is 5.13 Å². The summed E-state index contributed by atoms with van der Waals surface area (Å²) in [6.07, 6.45) is 1.54. The molecule has 2 atom stereocenters. The molecule has 5 heteroatoms. The summed E-state index contributed by atoms with van der Waals surface area (Å²) in [5.74, 6) is 0.950. The largest absolute Gasteiger partial charge is 0.377 e. The molecular formula is C9H14N2OS2. The number of aromatic nitrogens is 1. The molecule has 3 nitrogen and oxygen atoms in total. The molecule has 2 unspecified atom stereocenters. The third kappa shape index (κ3) is 2.40. The molecule has 1 fully saturated rings. The molecule has 0 amide bonds. The third-order valence-electron chi connectivity index (χ3n) is 2.32. The van der Waals surface area contributed by atoms with Crippen LogP contribution in [0.1, 0.15) is 19.0 Å². The molecule has 0 saturated carbocycles. The van der Waals surface area contributed by atoms with Crippen molar-refractivity contribution in [3.8, 4) is 0 Å². The minimum Gasteiger partial charge on any atom is -0.377 e. The first-order valence-corrected chi connectivity index (χ1v) is 6.61. The van der Waals surface area contributed by atoms with Gasteiger partial charge in [0.25, 0.3) is 0 Å². The number of nitrogens with zero attached hydrogens (tertiary/aromatic N) is 1. The highest BCUT2D eigenvalue weighted by atomic mass is 32.2. The minimum absolute atomic E-state index is 0.385. The fraction of sp³-hybridized carbons (Fsp3) is 0.667. The molecule has 14 heavy (non-hydrogen) atoms. The van der Waals surface area contributed by atoms with E-state index in [-0.39, 0.29) is 0 Å². The maximum atomic E-state index is 5.56. The Labute approximate surface area is 92.1 Å². The lowest BCUT2D eigenvalue weighted by atomic mass is 10.3. The molecule has 0 aromatic carbocycles. The van der Waals surface area contributed by atoms with Gasteiger partial charge in [0.1, 0.15) is 0 Å². The Bertz CT molecular complexity index is 303. The second-order valence-electron chi connectivity index (χ2n) is 3.39. The Morgan fingerprint density at radius 2 is 2.64 bits per heavy atom. The highest BCUT2D eigenvalue weighted by Crippen LogP contribution is 2.29. The van der Waals surface area contributed by atoms with Gasteiger partial charge in [0.2, 0.25) is 0 Å². The Hall–Kier alpha value is -0.260. The van der Waals surface area contributed by atoms with Crippen LogP contribution in [0.2, 0.25) is 0 Å². The predicted molar refractivity (Wildman–Crippen MR) is 61.6 cm³/mol. The number of ether oxygens (including phenoxy) is 1. The van der Waals surface area contributed by atoms with Crippen LogP contribution in [-0.4, -0.2) is 22.9 Å². The Morgan fingerprint density at radius 3 is 3.21 bits per heavy atom. The topological polar surface area (TPSA) is 48.1 Å². The van der Waals surface area contributed by atoms with Crippen LogP contribution in [-0.2, 0) is 10.5 Å². The van der Waals surface area contributed by atoms with E-state index >= 15 is 0 Å². The molecule has 1 aromatic rings. The maximum Gasteiger partial charge on any atom is 0.180 e. The van der Waals surface area contributed by atoms with E-state index in [1.807, 2.05) is 17.1 Å². The summed E-state index contributed by atoms with van der Waals surface area (Å²) in [6, 6.07) is 0. The molecule has 1 aromatic heterocycles. The van der Waals surface area contributed by atoms with Crippen LogP contribution < -0.4 is 5.73 Å². The maximum absolute atomic E-state index is 5.56. The molecule has 2 heterocycles. The summed E-state index contributed by atoms with van der Waals surface area (Å²) in [5.41, 5.74) is 6.66. The molecule has 1 aliphatic heterocycles. The van der Waals surface area contributed by atoms with Crippen molar-refractivity contribution in [1.82, 2.24) is 4.98 Å². The van der Waals surface area contributed by atoms with Gasteiger partial charge in [0.15, 0.2) is 5.13 Å². The fourth-order valence-electron chi connectivity index (χ4n) is 1.51. The van der Waals surface area contributed by atoms with Crippen molar-refractivity contribution in [3.63, 3.8) is 0 Å². The first kappa shape index (κ1) is 10.3. The second-order valence-corrected chi connectivity index (χ2v) is 5.51. The number of anilines is 1. The van der Waals surface area contributed by atoms with E-state index in [1.54, 1.807) is 0 Å². The lowest BCUT2D eigenvalue weighted by molar-refractivity contribution is 0.127. The molecular weight excluding hydrogens is 216 g/mol. The van der Waals surface area contributed by atoms with Crippen LogP contribution in [0.5, 0.6) is 0 Å². The Kier molecular flexibility index (Phi) is 3.30. The zero-order valence-corrected chi connectivity index (χ0v) is 9.74. The standard InChI is InChI=1S/C9H14N2OS2/c1-6-8(2-3-12-6)13-4-7-5-14-9(10)11-7/h5-6,8H,2-4H2,1H3,(H2,10,11). The van der Waals surface area contributed by atoms with E-state index in [0.717, 1.165) is 24.5 Å². The predicted octanol–water partition coefficient (Wildman–Crippen LogP) is 2.14. The second kappa shape index (κ2) is 4.51. The Morgan fingerprint density at radius 1 is 1.79 bits per heavy atom. The van der Waals surface area contributed by atoms with Gasteiger partial charge in [-0.2, -0.15) is 0 Å². The molecule has 0 aliphatic carbocycles. The van der Waals surface area contributed by atoms with Gasteiger partial charge >= 0.3 is 0 Å². The number of hydrogen-bond acceptors (Lipinski definition) is 5. The lowest BCUT2D eigenvalue weighted by Crippen LogP contribution is -2.13. The fourth-order valence-corrected chi connectivity index (χ4v) is 3.33. The summed E-state index contributed by atoms with van der Waals surface area (Å²) < 4.78 is 5.50. The van der Waals surface area contributed by atoms with E-state index in [0.29, 0.717) is 16.5 Å². The van der Waals surface area contributed by atoms with E-state index in [1.165, 1.54) is 11.3 Å². The normalized spacial score (nSPS) is 26.9. The van der Waals surface area contributed by atoms with Gasteiger partial charge in [0, 0.05) is 23.0 Å². The van der Waals surface area contributed by atoms with E-state index in [2.05, 4.69) is 11.9 Å². The van der Waals surface area contributed by atoms with Crippen LogP contribution >= 0.6 is 23.1 Å². The average Bonchev–Trinajstić information content (AvgIpc) is 2.72. The van der Waals surface area contributed by atoms with Gasteiger partial charge < -0.3 is 10.5 Å². The smallest absolute Gasteiger partial charge is 0.180 e. The van der Waals surface area contributed by atoms with Crippen molar-refractivity contribution in [3.05, 3.63) is 11.1 Å². The molecule has 1 aliphatic rings. The van der Waals surface area contributed by atoms with Crippen LogP contribution in [0.25, 0.3) is 0 Å². The van der Waals surface area contributed by atoms with Gasteiger partial charge in [-0.05, 0) is 13.3 Å². The van der Waals surface area contributed by atoms with Crippen molar-refractivity contribution in [2.45, 2.75) is 30.5 Å². The van der Waals surface area contributed by atoms with Crippen molar-refractivity contribution in [1.29, 1.82) is 0 Å². The summed E-state index contributed by atoms with van der Waals surface area (Å²) in [4.78, 5) is 4.23. The number of thioether (sulfide) groups is 1. The van der Waals surface area contributed by atoms with Crippen LogP contribution in [0.3, 0.4) is 0 Å². The molecule has 2 N–H and O–H groups in total. The zero-order valence-electron chi connectivity index (χ0n) is 8.10. The minimum atomic E-state index is 0.385. The van der Waals surface area contributed by atoms with Crippen molar-refractivity contribution in [2.24, 2.45) is 0 Å². The van der Waals surface area contributed by atoms with Crippen LogP contribution in [0, 0.1) is 0 Å². The van der Waals surface area contributed by atoms with Gasteiger partial charge in [-0.3, -0.25) is 0 Å². The number of rotatable bonds is 3. The molecule has 1 saturated heterocycles. The number of thiazole rings is 1. The highest BCUT2D eigenvalue weighted by Gasteiger charge is 2.24.